The summed E-state index contributed by atoms with van der Waals surface area (Å²) < 4.78 is 18.5. The molecule has 0 radical (unpaired) electrons. The number of aryl methyl sites for hydroxylation is 2. The number of benzene rings is 1. The van der Waals surface area contributed by atoms with E-state index in [0.717, 1.165) is 34.5 Å². The summed E-state index contributed by atoms with van der Waals surface area (Å²) in [6.45, 7) is 5.95. The first-order chi connectivity index (χ1) is 12.3. The van der Waals surface area contributed by atoms with Crippen molar-refractivity contribution in [2.45, 2.75) is 39.7 Å². The number of thiocarbonyl (C=S) groups is 1. The third-order valence-corrected chi connectivity index (χ3v) is 6.21. The van der Waals surface area contributed by atoms with Gasteiger partial charge in [0.1, 0.15) is 10.8 Å². The van der Waals surface area contributed by atoms with Crippen LogP contribution in [0.2, 0.25) is 0 Å². The van der Waals surface area contributed by atoms with Crippen molar-refractivity contribution in [1.29, 1.82) is 0 Å². The van der Waals surface area contributed by atoms with Crippen LogP contribution in [0.3, 0.4) is 0 Å². The molecule has 1 aliphatic rings. The van der Waals surface area contributed by atoms with Crippen molar-refractivity contribution in [3.05, 3.63) is 45.6 Å². The van der Waals surface area contributed by atoms with Crippen molar-refractivity contribution in [3.63, 3.8) is 0 Å². The number of hydrogen-bond acceptors (Lipinski definition) is 4. The topological polar surface area (TPSA) is 41.6 Å². The number of thiophene rings is 1. The zero-order valence-corrected chi connectivity index (χ0v) is 16.8. The van der Waals surface area contributed by atoms with E-state index in [4.69, 9.17) is 17.0 Å². The number of hydrogen-bond donors (Lipinski definition) is 1. The van der Waals surface area contributed by atoms with Gasteiger partial charge in [0.05, 0.1) is 12.7 Å². The zero-order chi connectivity index (χ0) is 19.0. The predicted molar refractivity (Wildman–Crippen MR) is 108 cm³/mol. The van der Waals surface area contributed by atoms with E-state index in [1.807, 2.05) is 18.7 Å². The Morgan fingerprint density at radius 1 is 1.42 bits per heavy atom. The fourth-order valence-corrected chi connectivity index (χ4v) is 4.74. The maximum absolute atomic E-state index is 13.6. The van der Waals surface area contributed by atoms with Crippen LogP contribution in [0.1, 0.15) is 39.7 Å². The molecule has 26 heavy (non-hydrogen) atoms. The SMILES string of the molecule is COC(=O)c1c(NC(=S)N2c3ccc(F)cc3CC[C@H]2C)sc(C)c1C. The third kappa shape index (κ3) is 3.33. The monoisotopic (exact) mass is 392 g/mol. The van der Waals surface area contributed by atoms with Crippen LogP contribution in [-0.4, -0.2) is 24.2 Å². The van der Waals surface area contributed by atoms with Crippen molar-refractivity contribution in [2.75, 3.05) is 17.3 Å². The molecule has 0 fully saturated rings. The molecule has 138 valence electrons. The van der Waals surface area contributed by atoms with Gasteiger partial charge in [0.15, 0.2) is 5.11 Å². The Kier molecular flexibility index (Phi) is 5.29. The van der Waals surface area contributed by atoms with Crippen LogP contribution in [0.25, 0.3) is 0 Å². The predicted octanol–water partition coefficient (Wildman–Crippen LogP) is 4.83. The second kappa shape index (κ2) is 7.32. The van der Waals surface area contributed by atoms with E-state index in [1.165, 1.54) is 24.5 Å². The van der Waals surface area contributed by atoms with Gasteiger partial charge >= 0.3 is 5.97 Å². The molecule has 7 heteroatoms. The van der Waals surface area contributed by atoms with Crippen LogP contribution < -0.4 is 10.2 Å². The van der Waals surface area contributed by atoms with Gasteiger partial charge in [0, 0.05) is 16.6 Å². The highest BCUT2D eigenvalue weighted by atomic mass is 32.1. The van der Waals surface area contributed by atoms with Crippen molar-refractivity contribution >= 4 is 45.3 Å². The molecule has 2 aromatic rings. The minimum atomic E-state index is -0.383. The number of nitrogens with zero attached hydrogens (tertiary/aromatic N) is 1. The summed E-state index contributed by atoms with van der Waals surface area (Å²) in [6.07, 6.45) is 1.70. The van der Waals surface area contributed by atoms with Crippen LogP contribution in [0, 0.1) is 19.7 Å². The molecule has 0 bridgehead atoms. The molecule has 1 aromatic carbocycles. The van der Waals surface area contributed by atoms with Crippen molar-refractivity contribution < 1.29 is 13.9 Å². The summed E-state index contributed by atoms with van der Waals surface area (Å²) in [5.74, 6) is -0.624. The minimum Gasteiger partial charge on any atom is -0.465 e. The summed E-state index contributed by atoms with van der Waals surface area (Å²) >= 11 is 7.13. The Hall–Kier alpha value is -1.99. The Labute approximate surface area is 162 Å². The summed E-state index contributed by atoms with van der Waals surface area (Å²) in [5, 5.41) is 4.40. The van der Waals surface area contributed by atoms with Gasteiger partial charge < -0.3 is 15.0 Å². The van der Waals surface area contributed by atoms with Gasteiger partial charge in [-0.1, -0.05) is 0 Å². The lowest BCUT2D eigenvalue weighted by atomic mass is 9.97. The maximum atomic E-state index is 13.6. The summed E-state index contributed by atoms with van der Waals surface area (Å²) in [5.41, 5.74) is 3.26. The van der Waals surface area contributed by atoms with Crippen LogP contribution in [0.15, 0.2) is 18.2 Å². The first-order valence-electron chi connectivity index (χ1n) is 8.40. The smallest absolute Gasteiger partial charge is 0.341 e. The van der Waals surface area contributed by atoms with Gasteiger partial charge in [-0.15, -0.1) is 11.3 Å². The number of nitrogens with one attached hydrogen (secondary N) is 1. The number of esters is 1. The van der Waals surface area contributed by atoms with Gasteiger partial charge in [-0.2, -0.15) is 0 Å². The van der Waals surface area contributed by atoms with Crippen LogP contribution in [0.4, 0.5) is 15.1 Å². The third-order valence-electron chi connectivity index (χ3n) is 4.79. The molecule has 2 heterocycles. The minimum absolute atomic E-state index is 0.177. The standard InChI is InChI=1S/C19H21FN2O2S2/c1-10-5-6-13-9-14(20)7-8-15(13)22(10)19(25)21-17-16(18(23)24-4)11(2)12(3)26-17/h7-10H,5-6H2,1-4H3,(H,21,25)/t10-/m1/s1. The fraction of sp³-hybridized carbons (Fsp3) is 0.368. The first-order valence-corrected chi connectivity index (χ1v) is 9.63. The van der Waals surface area contributed by atoms with Crippen molar-refractivity contribution in [2.24, 2.45) is 0 Å². The van der Waals surface area contributed by atoms with E-state index in [2.05, 4.69) is 12.2 Å². The molecule has 0 saturated carbocycles. The van der Waals surface area contributed by atoms with Crippen molar-refractivity contribution in [1.82, 2.24) is 0 Å². The van der Waals surface area contributed by atoms with Crippen LogP contribution in [-0.2, 0) is 11.2 Å². The van der Waals surface area contributed by atoms with Crippen molar-refractivity contribution in [3.8, 4) is 0 Å². The molecule has 0 aliphatic carbocycles. The fourth-order valence-electron chi connectivity index (χ4n) is 3.25. The summed E-state index contributed by atoms with van der Waals surface area (Å²) in [7, 11) is 1.37. The van der Waals surface area contributed by atoms with E-state index in [9.17, 15) is 9.18 Å². The lowest BCUT2D eigenvalue weighted by molar-refractivity contribution is 0.0601. The Morgan fingerprint density at radius 2 is 2.15 bits per heavy atom. The average molecular weight is 393 g/mol. The molecule has 0 saturated heterocycles. The Morgan fingerprint density at radius 3 is 2.85 bits per heavy atom. The highest BCUT2D eigenvalue weighted by molar-refractivity contribution is 7.80. The van der Waals surface area contributed by atoms with Crippen LogP contribution in [0.5, 0.6) is 0 Å². The molecule has 1 aliphatic heterocycles. The normalized spacial score (nSPS) is 16.2. The van der Waals surface area contributed by atoms with E-state index in [0.29, 0.717) is 15.7 Å². The van der Waals surface area contributed by atoms with E-state index < -0.39 is 0 Å². The summed E-state index contributed by atoms with van der Waals surface area (Å²) in [6, 6.07) is 4.96. The van der Waals surface area contributed by atoms with Crippen LogP contribution >= 0.6 is 23.6 Å². The number of methoxy groups -OCH3 is 1. The molecular weight excluding hydrogens is 371 g/mol. The molecule has 0 spiro atoms. The number of ether oxygens (including phenoxy) is 1. The highest BCUT2D eigenvalue weighted by Gasteiger charge is 2.28. The van der Waals surface area contributed by atoms with Gasteiger partial charge in [-0.25, -0.2) is 9.18 Å². The summed E-state index contributed by atoms with van der Waals surface area (Å²) in [4.78, 5) is 15.2. The van der Waals surface area contributed by atoms with Gasteiger partial charge in [0.25, 0.3) is 0 Å². The first kappa shape index (κ1) is 18.8. The average Bonchev–Trinajstić information content (AvgIpc) is 2.88. The van der Waals surface area contributed by atoms with Gasteiger partial charge in [0.2, 0.25) is 0 Å². The van der Waals surface area contributed by atoms with E-state index >= 15 is 0 Å². The number of carbonyl (C=O) groups excluding carboxylic acids is 1. The molecule has 1 aromatic heterocycles. The molecule has 1 atom stereocenters. The Balaban J connectivity index is 1.94. The maximum Gasteiger partial charge on any atom is 0.341 e. The number of carbonyl (C=O) groups is 1. The van der Waals surface area contributed by atoms with E-state index in [-0.39, 0.29) is 17.8 Å². The lowest BCUT2D eigenvalue weighted by Crippen LogP contribution is -2.44. The zero-order valence-electron chi connectivity index (χ0n) is 15.2. The Bertz CT molecular complexity index is 879. The number of anilines is 2. The van der Waals surface area contributed by atoms with E-state index in [1.54, 1.807) is 12.1 Å². The number of rotatable bonds is 2. The molecule has 3 rings (SSSR count). The molecule has 4 nitrogen and oxygen atoms in total. The lowest BCUT2D eigenvalue weighted by Gasteiger charge is -2.37. The second-order valence-corrected chi connectivity index (χ2v) is 8.05. The molecule has 0 unspecified atom stereocenters. The van der Waals surface area contributed by atoms with Gasteiger partial charge in [-0.3, -0.25) is 0 Å². The second-order valence-electron chi connectivity index (χ2n) is 6.44. The number of fused-ring (bicyclic) bond motifs is 1. The quantitative estimate of drug-likeness (QED) is 0.586. The molecule has 1 N–H and O–H groups in total. The number of halogens is 1. The largest absolute Gasteiger partial charge is 0.465 e. The highest BCUT2D eigenvalue weighted by Crippen LogP contribution is 2.35. The molecule has 0 amide bonds. The van der Waals surface area contributed by atoms with Gasteiger partial charge in [-0.05, 0) is 75.2 Å². The molecular formula is C19H21FN2O2S2.